The van der Waals surface area contributed by atoms with Gasteiger partial charge in [0, 0.05) is 11.9 Å². The van der Waals surface area contributed by atoms with E-state index in [1.165, 1.54) is 7.11 Å². The summed E-state index contributed by atoms with van der Waals surface area (Å²) in [5, 5.41) is -0.0729. The number of Topliss-reactive ketones (excluding diaryl/α,β-unsaturated/α-hetero) is 1. The van der Waals surface area contributed by atoms with Crippen molar-refractivity contribution in [2.45, 2.75) is 43.3 Å². The Morgan fingerprint density at radius 3 is 2.52 bits per heavy atom. The van der Waals surface area contributed by atoms with Gasteiger partial charge in [0.1, 0.15) is 6.10 Å². The van der Waals surface area contributed by atoms with E-state index in [1.54, 1.807) is 29.2 Å². The number of hydrogen-bond donors (Lipinski definition) is 0. The molecule has 170 valence electrons. The van der Waals surface area contributed by atoms with Crippen LogP contribution in [-0.2, 0) is 25.6 Å². The molecule has 1 saturated carbocycles. The lowest BCUT2D eigenvalue weighted by Gasteiger charge is -2.37. The molecule has 3 aliphatic rings. The van der Waals surface area contributed by atoms with Gasteiger partial charge in [-0.05, 0) is 42.5 Å². The van der Waals surface area contributed by atoms with E-state index in [4.69, 9.17) is 21.1 Å². The molecular weight excluding hydrogens is 442 g/mol. The number of carbonyl (C=O) groups is 3. The van der Waals surface area contributed by atoms with Crippen molar-refractivity contribution in [3.05, 3.63) is 82.6 Å². The maximum Gasteiger partial charge on any atom is 0.337 e. The Balaban J connectivity index is 1.56. The zero-order chi connectivity index (χ0) is 23.1. The van der Waals surface area contributed by atoms with Crippen LogP contribution < -0.4 is 0 Å². The van der Waals surface area contributed by atoms with Crippen LogP contribution in [0.3, 0.4) is 0 Å². The van der Waals surface area contributed by atoms with Gasteiger partial charge in [-0.1, -0.05) is 42.5 Å². The van der Waals surface area contributed by atoms with Gasteiger partial charge < -0.3 is 14.4 Å². The molecule has 2 aliphatic heterocycles. The summed E-state index contributed by atoms with van der Waals surface area (Å²) in [5.74, 6) is -0.970. The number of nitrogens with zero attached hydrogens (tertiary/aromatic N) is 1. The molecule has 0 radical (unpaired) electrons. The van der Waals surface area contributed by atoms with Crippen molar-refractivity contribution in [1.29, 1.82) is 0 Å². The second-order valence-electron chi connectivity index (χ2n) is 8.71. The van der Waals surface area contributed by atoms with Gasteiger partial charge in [-0.2, -0.15) is 0 Å². The Morgan fingerprint density at radius 1 is 1.09 bits per heavy atom. The van der Waals surface area contributed by atoms with Gasteiger partial charge in [-0.15, -0.1) is 11.6 Å². The van der Waals surface area contributed by atoms with Crippen molar-refractivity contribution in [2.24, 2.45) is 5.92 Å². The number of methoxy groups -OCH3 is 1. The normalized spacial score (nSPS) is 26.5. The van der Waals surface area contributed by atoms with Crippen molar-refractivity contribution in [3.8, 4) is 0 Å². The van der Waals surface area contributed by atoms with Crippen molar-refractivity contribution < 1.29 is 23.9 Å². The Hall–Kier alpha value is -3.12. The van der Waals surface area contributed by atoms with Crippen LogP contribution in [0.5, 0.6) is 0 Å². The number of rotatable bonds is 4. The minimum atomic E-state index is -0.594. The molecule has 2 aromatic rings. The van der Waals surface area contributed by atoms with Crippen LogP contribution in [0.4, 0.5) is 0 Å². The molecule has 2 aromatic carbocycles. The number of benzene rings is 2. The molecule has 33 heavy (non-hydrogen) atoms. The minimum Gasteiger partial charge on any atom is -0.483 e. The second kappa shape index (κ2) is 8.67. The molecule has 1 fully saturated rings. The molecule has 4 unspecified atom stereocenters. The molecule has 1 amide bonds. The quantitative estimate of drug-likeness (QED) is 0.500. The van der Waals surface area contributed by atoms with Crippen LogP contribution in [0.2, 0.25) is 0 Å². The van der Waals surface area contributed by atoms with Crippen LogP contribution in [0.1, 0.15) is 46.8 Å². The number of ketones is 1. The van der Waals surface area contributed by atoms with Crippen LogP contribution >= 0.6 is 11.6 Å². The Labute approximate surface area is 197 Å². The van der Waals surface area contributed by atoms with Crippen LogP contribution in [0.15, 0.2) is 65.9 Å². The first-order chi connectivity index (χ1) is 16.0. The number of fused-ring (bicyclic) bond motifs is 1. The lowest BCUT2D eigenvalue weighted by Crippen LogP contribution is -2.41. The molecule has 0 aromatic heterocycles. The fourth-order valence-electron chi connectivity index (χ4n) is 5.07. The smallest absolute Gasteiger partial charge is 0.337 e. The predicted molar refractivity (Wildman–Crippen MR) is 121 cm³/mol. The summed E-state index contributed by atoms with van der Waals surface area (Å²) in [7, 11) is 1.33. The largest absolute Gasteiger partial charge is 0.483 e. The number of esters is 1. The molecular formula is C26H24ClNO5. The van der Waals surface area contributed by atoms with Crippen molar-refractivity contribution >= 4 is 29.3 Å². The lowest BCUT2D eigenvalue weighted by molar-refractivity contribution is -0.135. The SMILES string of the molecule is COC(=O)c1ccc(C2C3=C(OC4CCC(Cl)CC4C3=O)C(=O)N2Cc2ccccc2)cc1. The lowest BCUT2D eigenvalue weighted by atomic mass is 9.77. The van der Waals surface area contributed by atoms with Crippen LogP contribution in [-0.4, -0.2) is 41.2 Å². The third-order valence-electron chi connectivity index (χ3n) is 6.72. The highest BCUT2D eigenvalue weighted by Gasteiger charge is 2.52. The number of ether oxygens (including phenoxy) is 2. The maximum absolute atomic E-state index is 13.7. The van der Waals surface area contributed by atoms with Gasteiger partial charge in [-0.25, -0.2) is 4.79 Å². The molecule has 0 saturated heterocycles. The second-order valence-corrected chi connectivity index (χ2v) is 9.33. The molecule has 4 atom stereocenters. The first-order valence-corrected chi connectivity index (χ1v) is 11.5. The highest BCUT2D eigenvalue weighted by Crippen LogP contribution is 2.47. The maximum atomic E-state index is 13.7. The topological polar surface area (TPSA) is 72.9 Å². The van der Waals surface area contributed by atoms with Gasteiger partial charge in [0.15, 0.2) is 11.5 Å². The summed E-state index contributed by atoms with van der Waals surface area (Å²) >= 11 is 6.38. The van der Waals surface area contributed by atoms with E-state index < -0.39 is 12.0 Å². The summed E-state index contributed by atoms with van der Waals surface area (Å²) in [5.41, 5.74) is 2.49. The Kier molecular flexibility index (Phi) is 5.71. The molecule has 2 heterocycles. The number of amides is 1. The van der Waals surface area contributed by atoms with Crippen molar-refractivity contribution in [2.75, 3.05) is 7.11 Å². The minimum absolute atomic E-state index is 0.0578. The summed E-state index contributed by atoms with van der Waals surface area (Å²) in [4.78, 5) is 40.8. The van der Waals surface area contributed by atoms with E-state index in [0.717, 1.165) is 17.5 Å². The molecule has 7 heteroatoms. The van der Waals surface area contributed by atoms with E-state index in [9.17, 15) is 14.4 Å². The summed E-state index contributed by atoms with van der Waals surface area (Å²) in [6.07, 6.45) is 1.65. The van der Waals surface area contributed by atoms with Gasteiger partial charge in [0.05, 0.1) is 30.2 Å². The first-order valence-electron chi connectivity index (χ1n) is 11.1. The predicted octanol–water partition coefficient (Wildman–Crippen LogP) is 4.19. The van der Waals surface area contributed by atoms with E-state index in [1.807, 2.05) is 30.3 Å². The third kappa shape index (κ3) is 3.82. The molecule has 0 spiro atoms. The van der Waals surface area contributed by atoms with Crippen LogP contribution in [0, 0.1) is 5.92 Å². The van der Waals surface area contributed by atoms with Gasteiger partial charge >= 0.3 is 5.97 Å². The monoisotopic (exact) mass is 465 g/mol. The highest BCUT2D eigenvalue weighted by atomic mass is 35.5. The standard InChI is InChI=1S/C26H24ClNO5/c1-32-26(31)17-9-7-16(8-10-17)22-21-23(29)19-13-18(27)11-12-20(19)33-24(21)25(30)28(22)14-15-5-3-2-4-6-15/h2-10,18-20,22H,11-14H2,1H3. The van der Waals surface area contributed by atoms with E-state index in [2.05, 4.69) is 0 Å². The molecule has 0 N–H and O–H groups in total. The number of carbonyl (C=O) groups excluding carboxylic acids is 3. The van der Waals surface area contributed by atoms with Crippen molar-refractivity contribution in [3.63, 3.8) is 0 Å². The fraction of sp³-hybridized carbons (Fsp3) is 0.346. The first kappa shape index (κ1) is 21.7. The molecule has 6 nitrogen and oxygen atoms in total. The summed E-state index contributed by atoms with van der Waals surface area (Å²) in [6, 6.07) is 15.9. The summed E-state index contributed by atoms with van der Waals surface area (Å²) < 4.78 is 11.0. The Morgan fingerprint density at radius 2 is 1.82 bits per heavy atom. The molecule has 1 aliphatic carbocycles. The third-order valence-corrected chi connectivity index (χ3v) is 7.12. The van der Waals surface area contributed by atoms with E-state index in [0.29, 0.717) is 30.5 Å². The fourth-order valence-corrected chi connectivity index (χ4v) is 5.39. The van der Waals surface area contributed by atoms with E-state index >= 15 is 0 Å². The number of alkyl halides is 1. The van der Waals surface area contributed by atoms with Gasteiger partial charge in [0.25, 0.3) is 5.91 Å². The number of hydrogen-bond acceptors (Lipinski definition) is 5. The average Bonchev–Trinajstić information content (AvgIpc) is 3.11. The van der Waals surface area contributed by atoms with Gasteiger partial charge in [-0.3, -0.25) is 9.59 Å². The zero-order valence-electron chi connectivity index (χ0n) is 18.2. The van der Waals surface area contributed by atoms with Crippen LogP contribution in [0.25, 0.3) is 0 Å². The molecule has 0 bridgehead atoms. The Bertz CT molecular complexity index is 1130. The average molecular weight is 466 g/mol. The highest BCUT2D eigenvalue weighted by molar-refractivity contribution is 6.21. The van der Waals surface area contributed by atoms with E-state index in [-0.39, 0.29) is 34.8 Å². The zero-order valence-corrected chi connectivity index (χ0v) is 19.0. The van der Waals surface area contributed by atoms with Crippen molar-refractivity contribution in [1.82, 2.24) is 4.90 Å². The summed E-state index contributed by atoms with van der Waals surface area (Å²) in [6.45, 7) is 0.334. The molecule has 5 rings (SSSR count). The number of halogens is 1. The van der Waals surface area contributed by atoms with Gasteiger partial charge in [0.2, 0.25) is 0 Å².